The van der Waals surface area contributed by atoms with Crippen LogP contribution in [0.15, 0.2) is 29.1 Å². The second-order valence-electron chi connectivity index (χ2n) is 8.54. The molecular formula is C25H32N4O2S. The van der Waals surface area contributed by atoms with Crippen molar-refractivity contribution in [3.05, 3.63) is 56.4 Å². The third-order valence-electron chi connectivity index (χ3n) is 6.52. The number of aryl methyl sites for hydroxylation is 3. The quantitative estimate of drug-likeness (QED) is 0.565. The Hall–Kier alpha value is -2.51. The van der Waals surface area contributed by atoms with Crippen LogP contribution in [0, 0.1) is 6.92 Å². The van der Waals surface area contributed by atoms with Crippen molar-refractivity contribution in [3.63, 3.8) is 0 Å². The first kappa shape index (κ1) is 22.7. The Morgan fingerprint density at radius 2 is 1.94 bits per heavy atom. The molecule has 1 unspecified atom stereocenters. The highest BCUT2D eigenvalue weighted by atomic mass is 32.1. The van der Waals surface area contributed by atoms with Gasteiger partial charge in [0, 0.05) is 10.6 Å². The van der Waals surface area contributed by atoms with Crippen LogP contribution < -0.4 is 10.9 Å². The highest BCUT2D eigenvalue weighted by molar-refractivity contribution is 7.18. The van der Waals surface area contributed by atoms with E-state index in [0.29, 0.717) is 12.4 Å². The first-order chi connectivity index (χ1) is 15.4. The number of carbonyl (C=O) groups excluding carboxylic acids is 1. The topological polar surface area (TPSA) is 67.2 Å². The Morgan fingerprint density at radius 1 is 1.22 bits per heavy atom. The van der Waals surface area contributed by atoms with E-state index in [1.165, 1.54) is 4.88 Å². The Kier molecular flexibility index (Phi) is 6.76. The summed E-state index contributed by atoms with van der Waals surface area (Å²) >= 11 is 1.66. The van der Waals surface area contributed by atoms with Gasteiger partial charge < -0.3 is 5.32 Å². The lowest BCUT2D eigenvalue weighted by Gasteiger charge is -2.23. The SMILES string of the molecule is CCN(CC)Cc1nc2sc3c(c2c(=O)n1C(C)C(=O)Nc1ccccc1C)CCCC3. The summed E-state index contributed by atoms with van der Waals surface area (Å²) in [5.74, 6) is 0.463. The lowest BCUT2D eigenvalue weighted by atomic mass is 9.97. The molecule has 0 spiro atoms. The predicted octanol–water partition coefficient (Wildman–Crippen LogP) is 4.69. The molecule has 1 amide bonds. The number of fused-ring (bicyclic) bond motifs is 3. The molecule has 1 atom stereocenters. The third kappa shape index (κ3) is 4.24. The van der Waals surface area contributed by atoms with Crippen molar-refractivity contribution in [2.75, 3.05) is 18.4 Å². The van der Waals surface area contributed by atoms with Gasteiger partial charge in [-0.15, -0.1) is 11.3 Å². The Bertz CT molecular complexity index is 1190. The molecule has 0 bridgehead atoms. The normalized spacial score (nSPS) is 14.5. The molecule has 3 aromatic rings. The fourth-order valence-electron chi connectivity index (χ4n) is 4.49. The summed E-state index contributed by atoms with van der Waals surface area (Å²) in [5, 5.41) is 3.74. The van der Waals surface area contributed by atoms with Gasteiger partial charge in [0.1, 0.15) is 16.7 Å². The number of amides is 1. The minimum Gasteiger partial charge on any atom is -0.324 e. The average Bonchev–Trinajstić information content (AvgIpc) is 3.17. The predicted molar refractivity (Wildman–Crippen MR) is 132 cm³/mol. The second-order valence-corrected chi connectivity index (χ2v) is 9.62. The minimum absolute atomic E-state index is 0.0796. The zero-order valence-corrected chi connectivity index (χ0v) is 20.2. The number of benzene rings is 1. The largest absolute Gasteiger partial charge is 0.324 e. The van der Waals surface area contributed by atoms with Gasteiger partial charge in [-0.1, -0.05) is 32.0 Å². The van der Waals surface area contributed by atoms with E-state index in [1.54, 1.807) is 22.8 Å². The number of para-hydroxylation sites is 1. The monoisotopic (exact) mass is 452 g/mol. The molecule has 0 fully saturated rings. The maximum atomic E-state index is 13.8. The van der Waals surface area contributed by atoms with Crippen LogP contribution in [-0.2, 0) is 24.2 Å². The van der Waals surface area contributed by atoms with E-state index >= 15 is 0 Å². The molecule has 1 N–H and O–H groups in total. The number of thiophene rings is 1. The zero-order chi connectivity index (χ0) is 22.8. The van der Waals surface area contributed by atoms with Gasteiger partial charge in [-0.25, -0.2) is 4.98 Å². The molecule has 32 heavy (non-hydrogen) atoms. The van der Waals surface area contributed by atoms with Crippen LogP contribution in [0.25, 0.3) is 10.2 Å². The summed E-state index contributed by atoms with van der Waals surface area (Å²) in [4.78, 5) is 36.4. The van der Waals surface area contributed by atoms with E-state index in [2.05, 4.69) is 24.1 Å². The van der Waals surface area contributed by atoms with Gasteiger partial charge in [-0.2, -0.15) is 0 Å². The average molecular weight is 453 g/mol. The van der Waals surface area contributed by atoms with Crippen LogP contribution in [0.4, 0.5) is 5.69 Å². The standard InChI is InChI=1S/C25H32N4O2S/c1-5-28(6-2)15-21-27-24-22(18-12-8-10-14-20(18)32-24)25(31)29(21)17(4)23(30)26-19-13-9-7-11-16(19)3/h7,9,11,13,17H,5-6,8,10,12,14-15H2,1-4H3,(H,26,30). The van der Waals surface area contributed by atoms with E-state index in [-0.39, 0.29) is 11.5 Å². The molecule has 1 aliphatic rings. The molecule has 1 aromatic carbocycles. The summed E-state index contributed by atoms with van der Waals surface area (Å²) < 4.78 is 1.63. The molecule has 0 saturated heterocycles. The number of rotatable bonds is 7. The van der Waals surface area contributed by atoms with Gasteiger partial charge in [-0.05, 0) is 69.8 Å². The number of anilines is 1. The van der Waals surface area contributed by atoms with Crippen molar-refractivity contribution in [2.45, 2.75) is 66.0 Å². The summed E-state index contributed by atoms with van der Waals surface area (Å²) in [7, 11) is 0. The van der Waals surface area contributed by atoms with Crippen molar-refractivity contribution in [2.24, 2.45) is 0 Å². The molecule has 7 heteroatoms. The maximum absolute atomic E-state index is 13.8. The van der Waals surface area contributed by atoms with Crippen molar-refractivity contribution >= 4 is 33.1 Å². The summed E-state index contributed by atoms with van der Waals surface area (Å²) in [6.07, 6.45) is 4.20. The molecular weight excluding hydrogens is 420 g/mol. The number of nitrogens with zero attached hydrogens (tertiary/aromatic N) is 3. The van der Waals surface area contributed by atoms with Gasteiger partial charge in [0.05, 0.1) is 11.9 Å². The molecule has 0 aliphatic heterocycles. The molecule has 2 heterocycles. The Balaban J connectivity index is 1.81. The lowest BCUT2D eigenvalue weighted by molar-refractivity contribution is -0.119. The third-order valence-corrected chi connectivity index (χ3v) is 7.71. The second kappa shape index (κ2) is 9.55. The van der Waals surface area contributed by atoms with E-state index in [4.69, 9.17) is 4.98 Å². The number of carbonyl (C=O) groups is 1. The van der Waals surface area contributed by atoms with Crippen molar-refractivity contribution in [1.82, 2.24) is 14.5 Å². The summed E-state index contributed by atoms with van der Waals surface area (Å²) in [6.45, 7) is 10.2. The minimum atomic E-state index is -0.663. The molecule has 0 radical (unpaired) electrons. The molecule has 170 valence electrons. The van der Waals surface area contributed by atoms with E-state index < -0.39 is 6.04 Å². The van der Waals surface area contributed by atoms with Crippen molar-refractivity contribution in [1.29, 1.82) is 0 Å². The first-order valence-electron chi connectivity index (χ1n) is 11.6. The van der Waals surface area contributed by atoms with Gasteiger partial charge in [0.15, 0.2) is 0 Å². The van der Waals surface area contributed by atoms with Gasteiger partial charge in [0.25, 0.3) is 5.56 Å². The number of aromatic nitrogens is 2. The van der Waals surface area contributed by atoms with E-state index in [9.17, 15) is 9.59 Å². The highest BCUT2D eigenvalue weighted by Gasteiger charge is 2.27. The zero-order valence-electron chi connectivity index (χ0n) is 19.4. The van der Waals surface area contributed by atoms with E-state index in [1.807, 2.05) is 31.2 Å². The number of hydrogen-bond donors (Lipinski definition) is 1. The number of nitrogens with one attached hydrogen (secondary N) is 1. The smallest absolute Gasteiger partial charge is 0.263 e. The maximum Gasteiger partial charge on any atom is 0.263 e. The van der Waals surface area contributed by atoms with Gasteiger partial charge in [-0.3, -0.25) is 19.1 Å². The first-order valence-corrected chi connectivity index (χ1v) is 12.4. The highest BCUT2D eigenvalue weighted by Crippen LogP contribution is 2.34. The van der Waals surface area contributed by atoms with Crippen LogP contribution in [-0.4, -0.2) is 33.4 Å². The molecule has 1 aliphatic carbocycles. The molecule has 2 aromatic heterocycles. The summed E-state index contributed by atoms with van der Waals surface area (Å²) in [6, 6.07) is 7.03. The van der Waals surface area contributed by atoms with Crippen LogP contribution in [0.1, 0.15) is 61.5 Å². The lowest BCUT2D eigenvalue weighted by Crippen LogP contribution is -2.37. The van der Waals surface area contributed by atoms with Crippen LogP contribution in [0.2, 0.25) is 0 Å². The summed E-state index contributed by atoms with van der Waals surface area (Å²) in [5.41, 5.74) is 2.83. The Morgan fingerprint density at radius 3 is 2.66 bits per heavy atom. The Labute approximate surface area is 193 Å². The van der Waals surface area contributed by atoms with Gasteiger partial charge >= 0.3 is 0 Å². The van der Waals surface area contributed by atoms with Crippen molar-refractivity contribution in [3.8, 4) is 0 Å². The molecule has 6 nitrogen and oxygen atoms in total. The van der Waals surface area contributed by atoms with Crippen LogP contribution in [0.3, 0.4) is 0 Å². The van der Waals surface area contributed by atoms with Crippen LogP contribution >= 0.6 is 11.3 Å². The van der Waals surface area contributed by atoms with Gasteiger partial charge in [0.2, 0.25) is 5.91 Å². The number of hydrogen-bond acceptors (Lipinski definition) is 5. The fraction of sp³-hybridized carbons (Fsp3) is 0.480. The molecule has 4 rings (SSSR count). The van der Waals surface area contributed by atoms with Crippen molar-refractivity contribution < 1.29 is 4.79 Å². The van der Waals surface area contributed by atoms with Crippen LogP contribution in [0.5, 0.6) is 0 Å². The molecule has 0 saturated carbocycles. The fourth-order valence-corrected chi connectivity index (χ4v) is 5.76. The van der Waals surface area contributed by atoms with E-state index in [0.717, 1.165) is 65.8 Å².